The third-order valence-electron chi connectivity index (χ3n) is 3.74. The van der Waals surface area contributed by atoms with Gasteiger partial charge >= 0.3 is 186 Å². The van der Waals surface area contributed by atoms with E-state index in [1.54, 1.807) is 7.11 Å². The molecule has 0 atom stereocenters. The van der Waals surface area contributed by atoms with Crippen molar-refractivity contribution < 1.29 is 4.74 Å². The molecular formula is C17H27BrN2OS4Te. The topological polar surface area (TPSA) is 15.7 Å². The van der Waals surface area contributed by atoms with Crippen LogP contribution in [0.4, 0.5) is 0 Å². The number of nitrogens with zero attached hydrogens (tertiary/aromatic N) is 2. The maximum atomic E-state index is 5.76. The SMILES string of the molecule is CCN(CC)C(=S)S[Te](Br)(SC(=S)N(CC)CC)c1ccc(OC)cc1. The summed E-state index contributed by atoms with van der Waals surface area (Å²) in [5.74, 6) is 0.860. The van der Waals surface area contributed by atoms with Gasteiger partial charge in [-0.1, -0.05) is 0 Å². The molecule has 0 aliphatic carbocycles. The molecule has 0 saturated heterocycles. The summed E-state index contributed by atoms with van der Waals surface area (Å²) in [5, 5.41) is 0. The van der Waals surface area contributed by atoms with E-state index in [0.29, 0.717) is 0 Å². The first-order chi connectivity index (χ1) is 12.3. The Hall–Kier alpha value is 0.770. The van der Waals surface area contributed by atoms with E-state index >= 15 is 0 Å². The van der Waals surface area contributed by atoms with Gasteiger partial charge in [0.15, 0.2) is 0 Å². The second kappa shape index (κ2) is 12.4. The van der Waals surface area contributed by atoms with Crippen LogP contribution in [0.1, 0.15) is 27.7 Å². The normalized spacial score (nSPS) is 11.8. The summed E-state index contributed by atoms with van der Waals surface area (Å²) in [4.78, 5) is 4.46. The van der Waals surface area contributed by atoms with Crippen molar-refractivity contribution in [1.29, 1.82) is 0 Å². The summed E-state index contributed by atoms with van der Waals surface area (Å²) in [6.45, 7) is 12.2. The summed E-state index contributed by atoms with van der Waals surface area (Å²) >= 11 is 12.8. The van der Waals surface area contributed by atoms with Gasteiger partial charge in [-0.3, -0.25) is 0 Å². The first-order valence-corrected chi connectivity index (χ1v) is 22.9. The molecule has 0 saturated carbocycles. The van der Waals surface area contributed by atoms with E-state index in [4.69, 9.17) is 29.2 Å². The van der Waals surface area contributed by atoms with Gasteiger partial charge in [0.1, 0.15) is 0 Å². The zero-order valence-electron chi connectivity index (χ0n) is 15.9. The van der Waals surface area contributed by atoms with E-state index in [0.717, 1.165) is 40.6 Å². The Bertz CT molecular complexity index is 569. The van der Waals surface area contributed by atoms with Crippen molar-refractivity contribution in [3.05, 3.63) is 24.3 Å². The minimum absolute atomic E-state index is 0.860. The van der Waals surface area contributed by atoms with Crippen molar-refractivity contribution in [3.8, 4) is 5.75 Å². The number of ether oxygens (including phenoxy) is 1. The van der Waals surface area contributed by atoms with Crippen LogP contribution in [0, 0.1) is 0 Å². The fraction of sp³-hybridized carbons (Fsp3) is 0.529. The van der Waals surface area contributed by atoms with Gasteiger partial charge in [-0.05, 0) is 0 Å². The average Bonchev–Trinajstić information content (AvgIpc) is 2.63. The van der Waals surface area contributed by atoms with E-state index in [9.17, 15) is 0 Å². The van der Waals surface area contributed by atoms with Crippen LogP contribution in [0.25, 0.3) is 0 Å². The van der Waals surface area contributed by atoms with E-state index in [1.165, 1.54) is 3.61 Å². The number of hydrogen-bond donors (Lipinski definition) is 0. The van der Waals surface area contributed by atoms with E-state index in [2.05, 4.69) is 62.4 Å². The predicted molar refractivity (Wildman–Crippen MR) is 134 cm³/mol. The fourth-order valence-electron chi connectivity index (χ4n) is 2.10. The number of halogens is 1. The third kappa shape index (κ3) is 6.98. The van der Waals surface area contributed by atoms with Gasteiger partial charge in [0.25, 0.3) is 0 Å². The summed E-state index contributed by atoms with van der Waals surface area (Å²) in [7, 11) is 5.31. The molecule has 0 heterocycles. The Morgan fingerprint density at radius 1 is 0.923 bits per heavy atom. The zero-order chi connectivity index (χ0) is 19.7. The molecule has 0 amide bonds. The third-order valence-corrected chi connectivity index (χ3v) is 29.9. The summed E-state index contributed by atoms with van der Waals surface area (Å²) in [5.41, 5.74) is 0. The molecule has 0 aliphatic rings. The first kappa shape index (κ1) is 24.8. The molecule has 0 fully saturated rings. The standard InChI is InChI=1S/C17H27BrN2OS4Te/c1-6-19(7-2)16(22)24-26(18,25-17(23)20(8-3)9-4)15-12-10-14(21-5)11-13-15/h10-13H,6-9H2,1-5H3. The Labute approximate surface area is 184 Å². The van der Waals surface area contributed by atoms with Crippen LogP contribution in [0.15, 0.2) is 24.3 Å². The van der Waals surface area contributed by atoms with Crippen molar-refractivity contribution in [2.45, 2.75) is 27.7 Å². The van der Waals surface area contributed by atoms with Crippen LogP contribution in [0.5, 0.6) is 5.75 Å². The molecule has 26 heavy (non-hydrogen) atoms. The molecule has 9 heteroatoms. The molecule has 3 nitrogen and oxygen atoms in total. The van der Waals surface area contributed by atoms with Crippen molar-refractivity contribution in [2.24, 2.45) is 0 Å². The number of thiocarbonyl (C=S) groups is 2. The molecule has 0 unspecified atom stereocenters. The van der Waals surface area contributed by atoms with Gasteiger partial charge in [-0.25, -0.2) is 0 Å². The van der Waals surface area contributed by atoms with Crippen LogP contribution in [-0.4, -0.2) is 65.0 Å². The maximum absolute atomic E-state index is 5.76. The molecule has 0 aromatic heterocycles. The molecule has 1 aromatic carbocycles. The molecule has 1 aromatic rings. The van der Waals surface area contributed by atoms with Crippen molar-refractivity contribution in [1.82, 2.24) is 9.80 Å². The second-order valence-corrected chi connectivity index (χ2v) is 34.6. The Morgan fingerprint density at radius 3 is 1.62 bits per heavy atom. The average molecular weight is 611 g/mol. The fourth-order valence-corrected chi connectivity index (χ4v) is 32.8. The van der Waals surface area contributed by atoms with Crippen molar-refractivity contribution in [2.75, 3.05) is 33.3 Å². The van der Waals surface area contributed by atoms with Gasteiger partial charge in [0, 0.05) is 0 Å². The van der Waals surface area contributed by atoms with E-state index in [1.807, 2.05) is 30.1 Å². The zero-order valence-corrected chi connectivity index (χ0v) is 23.0. The Balaban J connectivity index is 3.17. The number of rotatable bonds is 8. The molecule has 0 spiro atoms. The van der Waals surface area contributed by atoms with Crippen molar-refractivity contribution in [3.63, 3.8) is 0 Å². The molecule has 0 aliphatic heterocycles. The minimum atomic E-state index is -2.90. The monoisotopic (exact) mass is 612 g/mol. The van der Waals surface area contributed by atoms with Crippen LogP contribution >= 0.6 is 55.2 Å². The van der Waals surface area contributed by atoms with Crippen LogP contribution in [0.3, 0.4) is 0 Å². The van der Waals surface area contributed by atoms with Gasteiger partial charge in [0.05, 0.1) is 0 Å². The van der Waals surface area contributed by atoms with Crippen LogP contribution < -0.4 is 8.35 Å². The predicted octanol–water partition coefficient (Wildman–Crippen LogP) is 4.96. The summed E-state index contributed by atoms with van der Waals surface area (Å²) in [6, 6.07) is 8.31. The van der Waals surface area contributed by atoms with Crippen LogP contribution in [0.2, 0.25) is 0 Å². The molecule has 148 valence electrons. The molecule has 0 radical (unpaired) electrons. The Morgan fingerprint density at radius 2 is 1.31 bits per heavy atom. The van der Waals surface area contributed by atoms with Crippen LogP contribution in [-0.2, 0) is 0 Å². The number of benzene rings is 1. The van der Waals surface area contributed by atoms with Gasteiger partial charge in [0.2, 0.25) is 0 Å². The van der Waals surface area contributed by atoms with Gasteiger partial charge in [-0.2, -0.15) is 0 Å². The number of methoxy groups -OCH3 is 1. The van der Waals surface area contributed by atoms with Gasteiger partial charge < -0.3 is 0 Å². The van der Waals surface area contributed by atoms with Crippen molar-refractivity contribution >= 4 is 80.6 Å². The Kier molecular flexibility index (Phi) is 11.8. The van der Waals surface area contributed by atoms with Gasteiger partial charge in [-0.15, -0.1) is 0 Å². The molecule has 0 bridgehead atoms. The number of hydrogen-bond acceptors (Lipinski definition) is 5. The molecule has 1 rings (SSSR count). The molecular weight excluding hydrogens is 584 g/mol. The van der Waals surface area contributed by atoms with E-state index < -0.39 is 13.2 Å². The quantitative estimate of drug-likeness (QED) is 0.302. The molecule has 0 N–H and O–H groups in total. The second-order valence-electron chi connectivity index (χ2n) is 5.16. The van der Waals surface area contributed by atoms with E-state index in [-0.39, 0.29) is 0 Å². The first-order valence-electron chi connectivity index (χ1n) is 8.48. The summed E-state index contributed by atoms with van der Waals surface area (Å²) < 4.78 is 8.49. The summed E-state index contributed by atoms with van der Waals surface area (Å²) in [6.07, 6.45) is 0.